The van der Waals surface area contributed by atoms with E-state index in [1.54, 1.807) is 12.1 Å². The fraction of sp³-hybridized carbons (Fsp3) is 0.188. The van der Waals surface area contributed by atoms with Crippen LogP contribution in [0.2, 0.25) is 0 Å². The van der Waals surface area contributed by atoms with Crippen molar-refractivity contribution in [2.45, 2.75) is 6.10 Å². The molecule has 0 aliphatic carbocycles. The van der Waals surface area contributed by atoms with Gasteiger partial charge in [0.1, 0.15) is 12.7 Å². The predicted octanol–water partition coefficient (Wildman–Crippen LogP) is 3.02. The normalized spacial score (nSPS) is 16.3. The third-order valence-electron chi connectivity index (χ3n) is 3.16. The van der Waals surface area contributed by atoms with E-state index in [2.05, 4.69) is 21.2 Å². The molecule has 0 spiro atoms. The van der Waals surface area contributed by atoms with Crippen LogP contribution in [0.1, 0.15) is 10.4 Å². The van der Waals surface area contributed by atoms with Gasteiger partial charge in [-0.2, -0.15) is 0 Å². The maximum Gasteiger partial charge on any atom is 0.251 e. The number of ether oxygens (including phenoxy) is 2. The zero-order valence-electron chi connectivity index (χ0n) is 11.2. The number of para-hydroxylation sites is 2. The lowest BCUT2D eigenvalue weighted by molar-refractivity contribution is 0.0789. The Morgan fingerprint density at radius 2 is 1.86 bits per heavy atom. The lowest BCUT2D eigenvalue weighted by Crippen LogP contribution is -2.40. The number of hydrogen-bond donors (Lipinski definition) is 1. The standard InChI is InChI=1S/C16H14BrNO3/c17-12-7-5-11(6-8-12)16(19)18-9-13-10-20-14-3-1-2-4-15(14)21-13/h1-8,13H,9-10H2,(H,18,19)/t13-/m1/s1. The predicted molar refractivity (Wildman–Crippen MR) is 82.8 cm³/mol. The molecule has 0 aromatic heterocycles. The van der Waals surface area contributed by atoms with Crippen molar-refractivity contribution in [2.24, 2.45) is 0 Å². The van der Waals surface area contributed by atoms with E-state index in [9.17, 15) is 4.79 Å². The lowest BCUT2D eigenvalue weighted by Gasteiger charge is -2.26. The van der Waals surface area contributed by atoms with Crippen LogP contribution in [0.4, 0.5) is 0 Å². The van der Waals surface area contributed by atoms with E-state index in [1.807, 2.05) is 36.4 Å². The van der Waals surface area contributed by atoms with Gasteiger partial charge in [-0.05, 0) is 36.4 Å². The van der Waals surface area contributed by atoms with Crippen LogP contribution in [-0.4, -0.2) is 25.2 Å². The molecule has 1 N–H and O–H groups in total. The summed E-state index contributed by atoms with van der Waals surface area (Å²) in [5.74, 6) is 1.34. The van der Waals surface area contributed by atoms with Gasteiger partial charge in [-0.3, -0.25) is 4.79 Å². The summed E-state index contributed by atoms with van der Waals surface area (Å²) < 4.78 is 12.3. The monoisotopic (exact) mass is 347 g/mol. The molecule has 108 valence electrons. The van der Waals surface area contributed by atoms with Crippen LogP contribution in [0, 0.1) is 0 Å². The molecule has 21 heavy (non-hydrogen) atoms. The van der Waals surface area contributed by atoms with Crippen molar-refractivity contribution in [3.05, 3.63) is 58.6 Å². The topological polar surface area (TPSA) is 47.6 Å². The van der Waals surface area contributed by atoms with Crippen molar-refractivity contribution in [3.8, 4) is 11.5 Å². The molecule has 0 saturated carbocycles. The minimum absolute atomic E-state index is 0.120. The van der Waals surface area contributed by atoms with Gasteiger partial charge in [0.2, 0.25) is 0 Å². The first-order valence-electron chi connectivity index (χ1n) is 6.64. The van der Waals surface area contributed by atoms with Gasteiger partial charge < -0.3 is 14.8 Å². The highest BCUT2D eigenvalue weighted by molar-refractivity contribution is 9.10. The molecule has 1 amide bonds. The van der Waals surface area contributed by atoms with Gasteiger partial charge in [-0.15, -0.1) is 0 Å². The van der Waals surface area contributed by atoms with Crippen molar-refractivity contribution in [3.63, 3.8) is 0 Å². The largest absolute Gasteiger partial charge is 0.486 e. The molecule has 1 aliphatic rings. The van der Waals surface area contributed by atoms with E-state index in [0.29, 0.717) is 24.5 Å². The summed E-state index contributed by atoms with van der Waals surface area (Å²) in [5.41, 5.74) is 0.621. The number of hydrogen-bond acceptors (Lipinski definition) is 3. The molecule has 2 aromatic rings. The highest BCUT2D eigenvalue weighted by Crippen LogP contribution is 2.30. The Bertz CT molecular complexity index is 642. The lowest BCUT2D eigenvalue weighted by atomic mass is 10.2. The number of carbonyl (C=O) groups excluding carboxylic acids is 1. The molecule has 4 nitrogen and oxygen atoms in total. The van der Waals surface area contributed by atoms with E-state index in [4.69, 9.17) is 9.47 Å². The highest BCUT2D eigenvalue weighted by Gasteiger charge is 2.21. The number of fused-ring (bicyclic) bond motifs is 1. The molecule has 0 radical (unpaired) electrons. The minimum Gasteiger partial charge on any atom is -0.486 e. The summed E-state index contributed by atoms with van der Waals surface area (Å²) in [7, 11) is 0. The van der Waals surface area contributed by atoms with Crippen LogP contribution < -0.4 is 14.8 Å². The first-order valence-corrected chi connectivity index (χ1v) is 7.44. The summed E-state index contributed by atoms with van der Waals surface area (Å²) >= 11 is 3.34. The summed E-state index contributed by atoms with van der Waals surface area (Å²) in [5, 5.41) is 2.86. The van der Waals surface area contributed by atoms with Gasteiger partial charge in [0.15, 0.2) is 11.5 Å². The summed E-state index contributed by atoms with van der Waals surface area (Å²) in [4.78, 5) is 12.0. The molecule has 0 saturated heterocycles. The van der Waals surface area contributed by atoms with Crippen molar-refractivity contribution in [1.29, 1.82) is 0 Å². The maximum absolute atomic E-state index is 12.0. The Kier molecular flexibility index (Phi) is 4.10. The quantitative estimate of drug-likeness (QED) is 0.928. The molecule has 5 heteroatoms. The number of rotatable bonds is 3. The second-order valence-electron chi connectivity index (χ2n) is 4.71. The maximum atomic E-state index is 12.0. The SMILES string of the molecule is O=C(NC[C@@H]1COc2ccccc2O1)c1ccc(Br)cc1. The molecule has 1 aliphatic heterocycles. The number of amides is 1. The zero-order chi connectivity index (χ0) is 14.7. The Hall–Kier alpha value is -2.01. The first-order chi connectivity index (χ1) is 10.2. The Morgan fingerprint density at radius 3 is 2.62 bits per heavy atom. The molecule has 0 fully saturated rings. The second kappa shape index (κ2) is 6.18. The Labute approximate surface area is 131 Å². The molecule has 1 heterocycles. The molecule has 3 rings (SSSR count). The summed E-state index contributed by atoms with van der Waals surface area (Å²) in [6, 6.07) is 14.7. The summed E-state index contributed by atoms with van der Waals surface area (Å²) in [6.07, 6.45) is -0.181. The van der Waals surface area contributed by atoms with Gasteiger partial charge in [0, 0.05) is 10.0 Å². The first kappa shape index (κ1) is 13.9. The molecular weight excluding hydrogens is 334 g/mol. The van der Waals surface area contributed by atoms with Crippen LogP contribution in [0.15, 0.2) is 53.0 Å². The smallest absolute Gasteiger partial charge is 0.251 e. The van der Waals surface area contributed by atoms with Gasteiger partial charge in [-0.1, -0.05) is 28.1 Å². The van der Waals surface area contributed by atoms with E-state index in [1.165, 1.54) is 0 Å². The van der Waals surface area contributed by atoms with Crippen LogP contribution in [0.3, 0.4) is 0 Å². The third kappa shape index (κ3) is 3.36. The van der Waals surface area contributed by atoms with Crippen LogP contribution in [0.25, 0.3) is 0 Å². The zero-order valence-corrected chi connectivity index (χ0v) is 12.8. The van der Waals surface area contributed by atoms with E-state index >= 15 is 0 Å². The average Bonchev–Trinajstić information content (AvgIpc) is 2.53. The van der Waals surface area contributed by atoms with Gasteiger partial charge >= 0.3 is 0 Å². The van der Waals surface area contributed by atoms with Crippen LogP contribution >= 0.6 is 15.9 Å². The molecule has 0 bridgehead atoms. The van der Waals surface area contributed by atoms with E-state index in [-0.39, 0.29) is 12.0 Å². The highest BCUT2D eigenvalue weighted by atomic mass is 79.9. The summed E-state index contributed by atoms with van der Waals surface area (Å²) in [6.45, 7) is 0.834. The van der Waals surface area contributed by atoms with E-state index < -0.39 is 0 Å². The molecule has 1 atom stereocenters. The third-order valence-corrected chi connectivity index (χ3v) is 3.69. The number of halogens is 1. The average molecular weight is 348 g/mol. The van der Waals surface area contributed by atoms with Gasteiger partial charge in [0.25, 0.3) is 5.91 Å². The fourth-order valence-corrected chi connectivity index (χ4v) is 2.34. The van der Waals surface area contributed by atoms with Crippen molar-refractivity contribution in [2.75, 3.05) is 13.2 Å². The van der Waals surface area contributed by atoms with Crippen molar-refractivity contribution in [1.82, 2.24) is 5.32 Å². The molecule has 0 unspecified atom stereocenters. The van der Waals surface area contributed by atoms with E-state index in [0.717, 1.165) is 10.2 Å². The van der Waals surface area contributed by atoms with Gasteiger partial charge in [0.05, 0.1) is 6.54 Å². The van der Waals surface area contributed by atoms with Crippen LogP contribution in [0.5, 0.6) is 11.5 Å². The number of carbonyl (C=O) groups is 1. The fourth-order valence-electron chi connectivity index (χ4n) is 2.07. The second-order valence-corrected chi connectivity index (χ2v) is 5.63. The van der Waals surface area contributed by atoms with Crippen LogP contribution in [-0.2, 0) is 0 Å². The number of benzene rings is 2. The Morgan fingerprint density at radius 1 is 1.14 bits per heavy atom. The van der Waals surface area contributed by atoms with Crippen molar-refractivity contribution < 1.29 is 14.3 Å². The van der Waals surface area contributed by atoms with Gasteiger partial charge in [-0.25, -0.2) is 0 Å². The molecule has 2 aromatic carbocycles. The molecular formula is C16H14BrNO3. The minimum atomic E-state index is -0.181. The number of nitrogens with one attached hydrogen (secondary N) is 1. The van der Waals surface area contributed by atoms with Crippen molar-refractivity contribution >= 4 is 21.8 Å². The Balaban J connectivity index is 1.56.